The molecular formula is C13H26N2OS. The van der Waals surface area contributed by atoms with Crippen LogP contribution in [-0.4, -0.2) is 63.8 Å². The molecule has 0 spiro atoms. The van der Waals surface area contributed by atoms with Gasteiger partial charge in [0.25, 0.3) is 0 Å². The van der Waals surface area contributed by atoms with Crippen molar-refractivity contribution in [3.05, 3.63) is 0 Å². The summed E-state index contributed by atoms with van der Waals surface area (Å²) >= 11 is 0. The monoisotopic (exact) mass is 258 g/mol. The van der Waals surface area contributed by atoms with Crippen LogP contribution in [-0.2, 0) is 10.8 Å². The van der Waals surface area contributed by atoms with Gasteiger partial charge in [-0.3, -0.25) is 14.0 Å². The predicted molar refractivity (Wildman–Crippen MR) is 73.8 cm³/mol. The molecule has 100 valence electrons. The van der Waals surface area contributed by atoms with Crippen LogP contribution in [0.5, 0.6) is 0 Å². The van der Waals surface area contributed by atoms with E-state index in [1.54, 1.807) is 0 Å². The maximum atomic E-state index is 11.6. The van der Waals surface area contributed by atoms with Crippen LogP contribution in [0, 0.1) is 0 Å². The highest BCUT2D eigenvalue weighted by molar-refractivity contribution is 7.84. The second kappa shape index (κ2) is 6.30. The van der Waals surface area contributed by atoms with Gasteiger partial charge in [-0.1, -0.05) is 13.8 Å². The fourth-order valence-corrected chi connectivity index (χ4v) is 3.90. The lowest BCUT2D eigenvalue weighted by atomic mass is 10.1. The third-order valence-electron chi connectivity index (χ3n) is 4.31. The molecule has 0 saturated carbocycles. The number of rotatable bonds is 5. The van der Waals surface area contributed by atoms with E-state index in [-0.39, 0.29) is 0 Å². The van der Waals surface area contributed by atoms with Crippen molar-refractivity contribution in [2.24, 2.45) is 0 Å². The van der Waals surface area contributed by atoms with E-state index in [0.717, 1.165) is 24.1 Å². The zero-order chi connectivity index (χ0) is 12.3. The highest BCUT2D eigenvalue weighted by Crippen LogP contribution is 2.25. The van der Waals surface area contributed by atoms with Gasteiger partial charge in [-0.05, 0) is 25.8 Å². The third-order valence-corrected chi connectivity index (χ3v) is 5.59. The second-order valence-corrected chi connectivity index (χ2v) is 7.15. The molecule has 4 heteroatoms. The van der Waals surface area contributed by atoms with Crippen LogP contribution in [0.25, 0.3) is 0 Å². The van der Waals surface area contributed by atoms with E-state index in [1.807, 2.05) is 6.92 Å². The summed E-state index contributed by atoms with van der Waals surface area (Å²) < 4.78 is 11.6. The second-order valence-electron chi connectivity index (χ2n) is 5.28. The van der Waals surface area contributed by atoms with Crippen molar-refractivity contribution >= 4 is 10.8 Å². The Kier molecular flexibility index (Phi) is 5.00. The number of hydrogen-bond acceptors (Lipinski definition) is 3. The topological polar surface area (TPSA) is 23.6 Å². The van der Waals surface area contributed by atoms with E-state index >= 15 is 0 Å². The van der Waals surface area contributed by atoms with Crippen LogP contribution in [0.15, 0.2) is 0 Å². The van der Waals surface area contributed by atoms with Gasteiger partial charge >= 0.3 is 0 Å². The van der Waals surface area contributed by atoms with Gasteiger partial charge in [0, 0.05) is 54.0 Å². The molecule has 2 aliphatic heterocycles. The number of fused-ring (bicyclic) bond motifs is 1. The number of hydrogen-bond donors (Lipinski definition) is 0. The van der Waals surface area contributed by atoms with Crippen molar-refractivity contribution in [1.82, 2.24) is 9.80 Å². The van der Waals surface area contributed by atoms with E-state index in [9.17, 15) is 4.21 Å². The fraction of sp³-hybridized carbons (Fsp3) is 1.00. The largest absolute Gasteiger partial charge is 0.298 e. The molecule has 0 aromatic heterocycles. The Labute approximate surface area is 108 Å². The molecule has 2 heterocycles. The van der Waals surface area contributed by atoms with Gasteiger partial charge in [-0.15, -0.1) is 0 Å². The first-order valence-electron chi connectivity index (χ1n) is 7.07. The first-order chi connectivity index (χ1) is 8.24. The summed E-state index contributed by atoms with van der Waals surface area (Å²) in [4.78, 5) is 5.27. The van der Waals surface area contributed by atoms with Crippen molar-refractivity contribution in [2.75, 3.05) is 37.7 Å². The molecule has 0 bridgehead atoms. The molecule has 2 aliphatic rings. The number of piperazine rings is 1. The van der Waals surface area contributed by atoms with Gasteiger partial charge in [0.05, 0.1) is 0 Å². The summed E-state index contributed by atoms with van der Waals surface area (Å²) in [5.74, 6) is 1.67. The molecule has 0 N–H and O–H groups in total. The Morgan fingerprint density at radius 2 is 2.12 bits per heavy atom. The molecule has 3 unspecified atom stereocenters. The Bertz CT molecular complexity index is 272. The SMILES string of the molecule is CCC1CN2CCCC2CN1CCS(=O)CC. The Hall–Kier alpha value is 0.0700. The molecule has 0 aliphatic carbocycles. The maximum absolute atomic E-state index is 11.6. The Morgan fingerprint density at radius 3 is 2.82 bits per heavy atom. The predicted octanol–water partition coefficient (Wildman–Crippen LogP) is 1.31. The van der Waals surface area contributed by atoms with Crippen molar-refractivity contribution in [3.8, 4) is 0 Å². The standard InChI is InChI=1S/C13H26N2OS/c1-3-12-10-14-7-5-6-13(14)11-15(12)8-9-17(16)4-2/h12-13H,3-11H2,1-2H3. The molecule has 0 radical (unpaired) electrons. The van der Waals surface area contributed by atoms with Gasteiger partial charge in [0.1, 0.15) is 0 Å². The van der Waals surface area contributed by atoms with Gasteiger partial charge in [0.2, 0.25) is 0 Å². The van der Waals surface area contributed by atoms with E-state index in [2.05, 4.69) is 16.7 Å². The summed E-state index contributed by atoms with van der Waals surface area (Å²) in [5, 5.41) is 0. The van der Waals surface area contributed by atoms with Crippen molar-refractivity contribution in [2.45, 2.75) is 45.2 Å². The minimum atomic E-state index is -0.607. The van der Waals surface area contributed by atoms with Gasteiger partial charge in [-0.25, -0.2) is 0 Å². The summed E-state index contributed by atoms with van der Waals surface area (Å²) in [6.07, 6.45) is 3.96. The normalized spacial score (nSPS) is 32.6. The van der Waals surface area contributed by atoms with E-state index < -0.39 is 10.8 Å². The fourth-order valence-electron chi connectivity index (χ4n) is 3.17. The van der Waals surface area contributed by atoms with Gasteiger partial charge in [-0.2, -0.15) is 0 Å². The van der Waals surface area contributed by atoms with Crippen molar-refractivity contribution in [3.63, 3.8) is 0 Å². The molecule has 2 rings (SSSR count). The minimum absolute atomic E-state index is 0.607. The van der Waals surface area contributed by atoms with E-state index in [4.69, 9.17) is 0 Å². The average molecular weight is 258 g/mol. The van der Waals surface area contributed by atoms with E-state index in [0.29, 0.717) is 6.04 Å². The molecule has 0 aromatic rings. The maximum Gasteiger partial charge on any atom is 0.0362 e. The highest BCUT2D eigenvalue weighted by Gasteiger charge is 2.35. The molecular weight excluding hydrogens is 232 g/mol. The molecule has 17 heavy (non-hydrogen) atoms. The third kappa shape index (κ3) is 3.30. The molecule has 3 nitrogen and oxygen atoms in total. The van der Waals surface area contributed by atoms with Crippen LogP contribution in [0.4, 0.5) is 0 Å². The smallest absolute Gasteiger partial charge is 0.0362 e. The Balaban J connectivity index is 1.88. The lowest BCUT2D eigenvalue weighted by Crippen LogP contribution is -2.56. The zero-order valence-electron chi connectivity index (χ0n) is 11.2. The number of nitrogens with zero attached hydrogens (tertiary/aromatic N) is 2. The Morgan fingerprint density at radius 1 is 1.29 bits per heavy atom. The van der Waals surface area contributed by atoms with Crippen LogP contribution in [0.1, 0.15) is 33.1 Å². The molecule has 2 saturated heterocycles. The van der Waals surface area contributed by atoms with E-state index in [1.165, 1.54) is 38.9 Å². The first kappa shape index (κ1) is 13.5. The lowest BCUT2D eigenvalue weighted by Gasteiger charge is -2.43. The summed E-state index contributed by atoms with van der Waals surface area (Å²) in [6, 6.07) is 1.48. The summed E-state index contributed by atoms with van der Waals surface area (Å²) in [6.45, 7) is 9.08. The van der Waals surface area contributed by atoms with Crippen molar-refractivity contribution in [1.29, 1.82) is 0 Å². The summed E-state index contributed by atoms with van der Waals surface area (Å²) in [7, 11) is -0.607. The average Bonchev–Trinajstić information content (AvgIpc) is 2.81. The molecule has 3 atom stereocenters. The van der Waals surface area contributed by atoms with Crippen LogP contribution >= 0.6 is 0 Å². The minimum Gasteiger partial charge on any atom is -0.298 e. The lowest BCUT2D eigenvalue weighted by molar-refractivity contribution is 0.0540. The highest BCUT2D eigenvalue weighted by atomic mass is 32.2. The molecule has 0 amide bonds. The van der Waals surface area contributed by atoms with Crippen LogP contribution in [0.2, 0.25) is 0 Å². The summed E-state index contributed by atoms with van der Waals surface area (Å²) in [5.41, 5.74) is 0. The molecule has 0 aromatic carbocycles. The quantitative estimate of drug-likeness (QED) is 0.743. The van der Waals surface area contributed by atoms with Crippen molar-refractivity contribution < 1.29 is 4.21 Å². The van der Waals surface area contributed by atoms with Crippen LogP contribution in [0.3, 0.4) is 0 Å². The van der Waals surface area contributed by atoms with Crippen LogP contribution < -0.4 is 0 Å². The van der Waals surface area contributed by atoms with Gasteiger partial charge < -0.3 is 0 Å². The first-order valence-corrected chi connectivity index (χ1v) is 8.56. The molecule has 2 fully saturated rings. The van der Waals surface area contributed by atoms with Gasteiger partial charge in [0.15, 0.2) is 0 Å². The zero-order valence-corrected chi connectivity index (χ0v) is 12.0.